The lowest BCUT2D eigenvalue weighted by Gasteiger charge is -2.32. The molecule has 5 nitrogen and oxygen atoms in total. The fourth-order valence-corrected chi connectivity index (χ4v) is 2.47. The number of carbonyl (C=O) groups is 1. The van der Waals surface area contributed by atoms with Crippen LogP contribution in [0.25, 0.3) is 0 Å². The quantitative estimate of drug-likeness (QED) is 0.819. The number of piperidine rings is 1. The Bertz CT molecular complexity index is 485. The van der Waals surface area contributed by atoms with Gasteiger partial charge in [0.25, 0.3) is 0 Å². The number of hydrogen-bond donors (Lipinski definition) is 1. The Morgan fingerprint density at radius 2 is 1.91 bits per heavy atom. The molecule has 2 rings (SSSR count). The molecule has 2 amide bonds. The van der Waals surface area contributed by atoms with Crippen LogP contribution in [-0.2, 0) is 4.74 Å². The first-order chi connectivity index (χ1) is 11.0. The van der Waals surface area contributed by atoms with Gasteiger partial charge in [0.2, 0.25) is 0 Å². The summed E-state index contributed by atoms with van der Waals surface area (Å²) >= 11 is 0. The van der Waals surface area contributed by atoms with Crippen LogP contribution in [0.15, 0.2) is 24.3 Å². The average Bonchev–Trinajstić information content (AvgIpc) is 2.53. The van der Waals surface area contributed by atoms with Crippen LogP contribution < -0.4 is 10.1 Å². The van der Waals surface area contributed by atoms with E-state index >= 15 is 0 Å². The monoisotopic (exact) mass is 324 g/mol. The number of nitrogens with zero attached hydrogens (tertiary/aromatic N) is 1. The number of amides is 2. The van der Waals surface area contributed by atoms with E-state index in [1.54, 1.807) is 12.1 Å². The SMILES string of the molecule is CC(C)NC(=O)N1CCC(OCCOc2ccc(F)cc2)CC1. The Balaban J connectivity index is 1.59. The highest BCUT2D eigenvalue weighted by Crippen LogP contribution is 2.15. The van der Waals surface area contributed by atoms with E-state index in [4.69, 9.17) is 9.47 Å². The maximum Gasteiger partial charge on any atom is 0.317 e. The third-order valence-electron chi connectivity index (χ3n) is 3.66. The van der Waals surface area contributed by atoms with Crippen LogP contribution in [0.2, 0.25) is 0 Å². The van der Waals surface area contributed by atoms with E-state index in [2.05, 4.69) is 5.32 Å². The number of carbonyl (C=O) groups excluding carboxylic acids is 1. The Kier molecular flexibility index (Phi) is 6.65. The molecule has 1 fully saturated rings. The fourth-order valence-electron chi connectivity index (χ4n) is 2.47. The molecule has 1 aromatic carbocycles. The molecule has 0 saturated carbocycles. The van der Waals surface area contributed by atoms with Crippen molar-refractivity contribution in [3.8, 4) is 5.75 Å². The zero-order valence-corrected chi connectivity index (χ0v) is 13.8. The van der Waals surface area contributed by atoms with Gasteiger partial charge in [0.1, 0.15) is 18.2 Å². The Morgan fingerprint density at radius 3 is 2.52 bits per heavy atom. The number of rotatable bonds is 6. The molecular weight excluding hydrogens is 299 g/mol. The third-order valence-corrected chi connectivity index (χ3v) is 3.66. The number of benzene rings is 1. The van der Waals surface area contributed by atoms with E-state index in [9.17, 15) is 9.18 Å². The van der Waals surface area contributed by atoms with E-state index in [1.807, 2.05) is 18.7 Å². The number of nitrogens with one attached hydrogen (secondary N) is 1. The minimum Gasteiger partial charge on any atom is -0.491 e. The number of halogens is 1. The van der Waals surface area contributed by atoms with Crippen LogP contribution in [-0.4, -0.2) is 49.4 Å². The number of ether oxygens (including phenoxy) is 2. The molecule has 128 valence electrons. The van der Waals surface area contributed by atoms with E-state index in [0.717, 1.165) is 12.8 Å². The molecule has 1 heterocycles. The lowest BCUT2D eigenvalue weighted by Crippen LogP contribution is -2.47. The van der Waals surface area contributed by atoms with Crippen LogP contribution in [0.3, 0.4) is 0 Å². The summed E-state index contributed by atoms with van der Waals surface area (Å²) in [5.41, 5.74) is 0. The zero-order chi connectivity index (χ0) is 16.7. The van der Waals surface area contributed by atoms with Crippen LogP contribution in [0.1, 0.15) is 26.7 Å². The van der Waals surface area contributed by atoms with Crippen molar-refractivity contribution in [1.82, 2.24) is 10.2 Å². The first-order valence-corrected chi connectivity index (χ1v) is 8.10. The van der Waals surface area contributed by atoms with Crippen LogP contribution >= 0.6 is 0 Å². The first-order valence-electron chi connectivity index (χ1n) is 8.10. The number of urea groups is 1. The first kappa shape index (κ1) is 17.5. The molecule has 0 bridgehead atoms. The summed E-state index contributed by atoms with van der Waals surface area (Å²) in [5, 5.41) is 2.90. The maximum atomic E-state index is 12.8. The summed E-state index contributed by atoms with van der Waals surface area (Å²) in [4.78, 5) is 13.7. The molecule has 0 atom stereocenters. The van der Waals surface area contributed by atoms with Gasteiger partial charge in [-0.15, -0.1) is 0 Å². The minimum atomic E-state index is -0.276. The topological polar surface area (TPSA) is 50.8 Å². The molecule has 23 heavy (non-hydrogen) atoms. The average molecular weight is 324 g/mol. The maximum absolute atomic E-state index is 12.8. The van der Waals surface area contributed by atoms with Gasteiger partial charge in [0, 0.05) is 19.1 Å². The zero-order valence-electron chi connectivity index (χ0n) is 13.8. The standard InChI is InChI=1S/C17H25FN2O3/c1-13(2)19-17(21)20-9-7-16(8-10-20)23-12-11-22-15-5-3-14(18)4-6-15/h3-6,13,16H,7-12H2,1-2H3,(H,19,21). The second-order valence-corrected chi connectivity index (χ2v) is 5.96. The lowest BCUT2D eigenvalue weighted by molar-refractivity contribution is 0.00178. The van der Waals surface area contributed by atoms with Crippen LogP contribution in [0.4, 0.5) is 9.18 Å². The van der Waals surface area contributed by atoms with E-state index in [0.29, 0.717) is 32.1 Å². The second kappa shape index (κ2) is 8.72. The fraction of sp³-hybridized carbons (Fsp3) is 0.588. The molecule has 0 aliphatic carbocycles. The molecule has 0 spiro atoms. The van der Waals surface area contributed by atoms with Crippen molar-refractivity contribution in [1.29, 1.82) is 0 Å². The molecule has 0 unspecified atom stereocenters. The van der Waals surface area contributed by atoms with Gasteiger partial charge in [-0.1, -0.05) is 0 Å². The summed E-state index contributed by atoms with van der Waals surface area (Å²) in [6.45, 7) is 6.24. The highest BCUT2D eigenvalue weighted by molar-refractivity contribution is 5.74. The normalized spacial score (nSPS) is 15.7. The van der Waals surface area contributed by atoms with Crippen LogP contribution in [0.5, 0.6) is 5.75 Å². The third kappa shape index (κ3) is 6.06. The molecule has 1 aliphatic rings. The molecule has 1 N–H and O–H groups in total. The number of likely N-dealkylation sites (tertiary alicyclic amines) is 1. The molecular formula is C17H25FN2O3. The van der Waals surface area contributed by atoms with E-state index < -0.39 is 0 Å². The Morgan fingerprint density at radius 1 is 1.26 bits per heavy atom. The smallest absolute Gasteiger partial charge is 0.317 e. The second-order valence-electron chi connectivity index (χ2n) is 5.96. The summed E-state index contributed by atoms with van der Waals surface area (Å²) in [6, 6.07) is 6.09. The van der Waals surface area contributed by atoms with Crippen LogP contribution in [0, 0.1) is 5.82 Å². The molecule has 0 aromatic heterocycles. The van der Waals surface area contributed by atoms with Gasteiger partial charge in [-0.3, -0.25) is 0 Å². The van der Waals surface area contributed by atoms with Crippen molar-refractivity contribution in [2.24, 2.45) is 0 Å². The molecule has 6 heteroatoms. The predicted molar refractivity (Wildman–Crippen MR) is 86.1 cm³/mol. The number of hydrogen-bond acceptors (Lipinski definition) is 3. The van der Waals surface area contributed by atoms with Crippen molar-refractivity contribution in [2.75, 3.05) is 26.3 Å². The van der Waals surface area contributed by atoms with Gasteiger partial charge in [-0.25, -0.2) is 9.18 Å². The Hall–Kier alpha value is -1.82. The van der Waals surface area contributed by atoms with Gasteiger partial charge >= 0.3 is 6.03 Å². The summed E-state index contributed by atoms with van der Waals surface area (Å²) < 4.78 is 24.0. The predicted octanol–water partition coefficient (Wildman–Crippen LogP) is 2.80. The minimum absolute atomic E-state index is 0.00177. The molecule has 1 aliphatic heterocycles. The van der Waals surface area contributed by atoms with Gasteiger partial charge < -0.3 is 19.7 Å². The summed E-state index contributed by atoms with van der Waals surface area (Å²) in [7, 11) is 0. The summed E-state index contributed by atoms with van der Waals surface area (Å²) in [6.07, 6.45) is 1.83. The Labute approximate surface area is 136 Å². The molecule has 1 saturated heterocycles. The van der Waals surface area contributed by atoms with Crippen molar-refractivity contribution >= 4 is 6.03 Å². The summed E-state index contributed by atoms with van der Waals surface area (Å²) in [5.74, 6) is 0.358. The van der Waals surface area contributed by atoms with Gasteiger partial charge in [-0.05, 0) is 51.0 Å². The van der Waals surface area contributed by atoms with Crippen molar-refractivity contribution in [3.63, 3.8) is 0 Å². The highest BCUT2D eigenvalue weighted by Gasteiger charge is 2.23. The van der Waals surface area contributed by atoms with Gasteiger partial charge in [0.15, 0.2) is 0 Å². The largest absolute Gasteiger partial charge is 0.491 e. The van der Waals surface area contributed by atoms with Crippen molar-refractivity contribution < 1.29 is 18.7 Å². The van der Waals surface area contributed by atoms with Gasteiger partial charge in [-0.2, -0.15) is 0 Å². The van der Waals surface area contributed by atoms with Crippen molar-refractivity contribution in [2.45, 2.75) is 38.8 Å². The van der Waals surface area contributed by atoms with Gasteiger partial charge in [0.05, 0.1) is 12.7 Å². The molecule has 0 radical (unpaired) electrons. The molecule has 1 aromatic rings. The van der Waals surface area contributed by atoms with E-state index in [1.165, 1.54) is 12.1 Å². The lowest BCUT2D eigenvalue weighted by atomic mass is 10.1. The van der Waals surface area contributed by atoms with Crippen molar-refractivity contribution in [3.05, 3.63) is 30.1 Å². The highest BCUT2D eigenvalue weighted by atomic mass is 19.1. The van der Waals surface area contributed by atoms with E-state index in [-0.39, 0.29) is 24.0 Å².